The fraction of sp³-hybridized carbons (Fsp3) is 0.625. The maximum Gasteiger partial charge on any atom is 0.131 e. The van der Waals surface area contributed by atoms with Crippen LogP contribution in [0.4, 0.5) is 0 Å². The first-order valence-corrected chi connectivity index (χ1v) is 4.51. The third-order valence-corrected chi connectivity index (χ3v) is 2.46. The van der Waals surface area contributed by atoms with E-state index in [1.54, 1.807) is 11.7 Å². The fourth-order valence-corrected chi connectivity index (χ4v) is 1.67. The molecular formula is C8H14ClN3O. The molecule has 4 nitrogen and oxygen atoms in total. The molecule has 0 aliphatic heterocycles. The first-order chi connectivity index (χ1) is 6.07. The van der Waals surface area contributed by atoms with Crippen LogP contribution >= 0.6 is 11.6 Å². The first-order valence-electron chi connectivity index (χ1n) is 4.13. The number of hydrogen-bond donors (Lipinski definition) is 2. The fourth-order valence-electron chi connectivity index (χ4n) is 1.35. The second-order valence-corrected chi connectivity index (χ2v) is 3.39. The van der Waals surface area contributed by atoms with E-state index in [1.165, 1.54) is 0 Å². The number of aliphatic hydroxyl groups is 1. The van der Waals surface area contributed by atoms with E-state index in [2.05, 4.69) is 5.10 Å². The molecule has 0 aliphatic carbocycles. The Morgan fingerprint density at radius 1 is 1.69 bits per heavy atom. The highest BCUT2D eigenvalue weighted by Gasteiger charge is 2.17. The van der Waals surface area contributed by atoms with Crippen molar-refractivity contribution in [2.24, 2.45) is 12.8 Å². The molecular weight excluding hydrogens is 190 g/mol. The van der Waals surface area contributed by atoms with E-state index >= 15 is 0 Å². The molecule has 0 spiro atoms. The van der Waals surface area contributed by atoms with E-state index in [1.807, 2.05) is 6.92 Å². The molecule has 0 saturated carbocycles. The second-order valence-electron chi connectivity index (χ2n) is 3.03. The van der Waals surface area contributed by atoms with Gasteiger partial charge in [-0.2, -0.15) is 5.10 Å². The summed E-state index contributed by atoms with van der Waals surface area (Å²) >= 11 is 5.98. The molecule has 1 heterocycles. The van der Waals surface area contributed by atoms with Crippen molar-refractivity contribution in [1.82, 2.24) is 9.78 Å². The summed E-state index contributed by atoms with van der Waals surface area (Å²) in [6.07, 6.45) is 0.506. The van der Waals surface area contributed by atoms with Crippen LogP contribution in [0.15, 0.2) is 0 Å². The lowest BCUT2D eigenvalue weighted by Gasteiger charge is -2.09. The van der Waals surface area contributed by atoms with Crippen LogP contribution in [0.2, 0.25) is 5.15 Å². The molecule has 0 amide bonds. The third-order valence-electron chi connectivity index (χ3n) is 2.01. The number of nitrogens with two attached hydrogens (primary N) is 1. The molecule has 1 aromatic rings. The van der Waals surface area contributed by atoms with Gasteiger partial charge in [-0.3, -0.25) is 4.68 Å². The molecule has 74 valence electrons. The Morgan fingerprint density at radius 3 is 2.69 bits per heavy atom. The van der Waals surface area contributed by atoms with Crippen LogP contribution in [0.3, 0.4) is 0 Å². The molecule has 0 unspecified atom stereocenters. The molecule has 3 N–H and O–H groups in total. The average molecular weight is 204 g/mol. The van der Waals surface area contributed by atoms with Gasteiger partial charge in [0.05, 0.1) is 5.69 Å². The van der Waals surface area contributed by atoms with Gasteiger partial charge in [-0.1, -0.05) is 11.6 Å². The van der Waals surface area contributed by atoms with Crippen LogP contribution in [0, 0.1) is 6.92 Å². The van der Waals surface area contributed by atoms with Crippen LogP contribution < -0.4 is 5.73 Å². The predicted octanol–water partition coefficient (Wildman–Crippen LogP) is 0.764. The molecule has 1 aromatic heterocycles. The maximum atomic E-state index is 8.74. The average Bonchev–Trinajstić information content (AvgIpc) is 2.27. The number of aryl methyl sites for hydroxylation is 2. The van der Waals surface area contributed by atoms with Crippen molar-refractivity contribution in [3.8, 4) is 0 Å². The number of aliphatic hydroxyl groups excluding tert-OH is 1. The summed E-state index contributed by atoms with van der Waals surface area (Å²) in [6.45, 7) is 1.92. The van der Waals surface area contributed by atoms with E-state index in [9.17, 15) is 0 Å². The molecule has 1 rings (SSSR count). The standard InChI is InChI=1S/C8H14ClN3O/c1-5-7(6(10)3-4-13)8(9)12(2)11-5/h6,13H,3-4,10H2,1-2H3/t6-/m1/s1. The molecule has 1 atom stereocenters. The van der Waals surface area contributed by atoms with Crippen molar-refractivity contribution >= 4 is 11.6 Å². The van der Waals surface area contributed by atoms with E-state index < -0.39 is 0 Å². The van der Waals surface area contributed by atoms with E-state index in [0.717, 1.165) is 11.3 Å². The summed E-state index contributed by atoms with van der Waals surface area (Å²) < 4.78 is 1.59. The second kappa shape index (κ2) is 4.09. The Kier molecular flexibility index (Phi) is 3.30. The topological polar surface area (TPSA) is 64.1 Å². The lowest BCUT2D eigenvalue weighted by molar-refractivity contribution is 0.276. The molecule has 0 radical (unpaired) electrons. The Balaban J connectivity index is 2.98. The van der Waals surface area contributed by atoms with Crippen LogP contribution in [0.5, 0.6) is 0 Å². The van der Waals surface area contributed by atoms with E-state index in [0.29, 0.717) is 11.6 Å². The number of rotatable bonds is 3. The van der Waals surface area contributed by atoms with Crippen LogP contribution in [0.25, 0.3) is 0 Å². The van der Waals surface area contributed by atoms with E-state index in [-0.39, 0.29) is 12.6 Å². The van der Waals surface area contributed by atoms with Crippen molar-refractivity contribution in [1.29, 1.82) is 0 Å². The molecule has 0 bridgehead atoms. The minimum absolute atomic E-state index is 0.0613. The van der Waals surface area contributed by atoms with Gasteiger partial charge in [0, 0.05) is 25.3 Å². The monoisotopic (exact) mass is 203 g/mol. The van der Waals surface area contributed by atoms with Crippen molar-refractivity contribution in [2.45, 2.75) is 19.4 Å². The van der Waals surface area contributed by atoms with Gasteiger partial charge < -0.3 is 10.8 Å². The van der Waals surface area contributed by atoms with Crippen molar-refractivity contribution in [3.05, 3.63) is 16.4 Å². The number of halogens is 1. The summed E-state index contributed by atoms with van der Waals surface area (Å²) in [5.41, 5.74) is 7.48. The molecule has 0 saturated heterocycles. The first kappa shape index (κ1) is 10.5. The van der Waals surface area contributed by atoms with Crippen molar-refractivity contribution in [2.75, 3.05) is 6.61 Å². The quantitative estimate of drug-likeness (QED) is 0.763. The SMILES string of the molecule is Cc1nn(C)c(Cl)c1[C@H](N)CCO. The van der Waals surface area contributed by atoms with Gasteiger partial charge in [-0.05, 0) is 13.3 Å². The number of nitrogens with zero attached hydrogens (tertiary/aromatic N) is 2. The smallest absolute Gasteiger partial charge is 0.131 e. The highest BCUT2D eigenvalue weighted by atomic mass is 35.5. The normalized spacial score (nSPS) is 13.3. The Morgan fingerprint density at radius 2 is 2.31 bits per heavy atom. The lowest BCUT2D eigenvalue weighted by atomic mass is 10.1. The molecule has 5 heteroatoms. The minimum Gasteiger partial charge on any atom is -0.396 e. The molecule has 0 fully saturated rings. The van der Waals surface area contributed by atoms with Crippen LogP contribution in [0.1, 0.15) is 23.7 Å². The zero-order valence-corrected chi connectivity index (χ0v) is 8.54. The lowest BCUT2D eigenvalue weighted by Crippen LogP contribution is -2.12. The largest absolute Gasteiger partial charge is 0.396 e. The van der Waals surface area contributed by atoms with E-state index in [4.69, 9.17) is 22.4 Å². The highest BCUT2D eigenvalue weighted by molar-refractivity contribution is 6.30. The van der Waals surface area contributed by atoms with Gasteiger partial charge in [0.1, 0.15) is 5.15 Å². The molecule has 0 aromatic carbocycles. The number of hydrogen-bond acceptors (Lipinski definition) is 3. The Hall–Kier alpha value is -0.580. The number of aromatic nitrogens is 2. The molecule has 13 heavy (non-hydrogen) atoms. The molecule has 0 aliphatic rings. The summed E-state index contributed by atoms with van der Waals surface area (Å²) in [6, 6.07) is -0.230. The zero-order valence-electron chi connectivity index (χ0n) is 7.79. The summed E-state index contributed by atoms with van der Waals surface area (Å²) in [7, 11) is 1.77. The van der Waals surface area contributed by atoms with Gasteiger partial charge in [-0.25, -0.2) is 0 Å². The minimum atomic E-state index is -0.230. The van der Waals surface area contributed by atoms with Gasteiger partial charge in [0.25, 0.3) is 0 Å². The van der Waals surface area contributed by atoms with Gasteiger partial charge in [-0.15, -0.1) is 0 Å². The van der Waals surface area contributed by atoms with Gasteiger partial charge in [0.15, 0.2) is 0 Å². The Labute approximate surface area is 82.3 Å². The zero-order chi connectivity index (χ0) is 10.0. The van der Waals surface area contributed by atoms with Gasteiger partial charge >= 0.3 is 0 Å². The van der Waals surface area contributed by atoms with Crippen molar-refractivity contribution in [3.63, 3.8) is 0 Å². The summed E-state index contributed by atoms with van der Waals surface area (Å²) in [5.74, 6) is 0. The van der Waals surface area contributed by atoms with Crippen LogP contribution in [-0.2, 0) is 7.05 Å². The van der Waals surface area contributed by atoms with Gasteiger partial charge in [0.2, 0.25) is 0 Å². The summed E-state index contributed by atoms with van der Waals surface area (Å²) in [4.78, 5) is 0. The van der Waals surface area contributed by atoms with Crippen LogP contribution in [-0.4, -0.2) is 21.5 Å². The predicted molar refractivity (Wildman–Crippen MR) is 51.6 cm³/mol. The highest BCUT2D eigenvalue weighted by Crippen LogP contribution is 2.25. The maximum absolute atomic E-state index is 8.74. The summed E-state index contributed by atoms with van der Waals surface area (Å²) in [5, 5.41) is 13.4. The van der Waals surface area contributed by atoms with Crippen molar-refractivity contribution < 1.29 is 5.11 Å². The Bertz CT molecular complexity index is 298. The third kappa shape index (κ3) is 2.02.